The molecule has 0 radical (unpaired) electrons. The molecule has 0 atom stereocenters. The van der Waals surface area contributed by atoms with Gasteiger partial charge in [0, 0.05) is 6.42 Å². The van der Waals surface area contributed by atoms with E-state index in [1.54, 1.807) is 0 Å². The molecule has 1 aliphatic carbocycles. The highest BCUT2D eigenvalue weighted by molar-refractivity contribution is 5.91. The molecule has 0 saturated carbocycles. The fourth-order valence-corrected chi connectivity index (χ4v) is 2.75. The minimum atomic E-state index is 0.129. The highest BCUT2D eigenvalue weighted by Gasteiger charge is 2.27. The topological polar surface area (TPSA) is 17.1 Å². The van der Waals surface area contributed by atoms with Gasteiger partial charge in [-0.1, -0.05) is 50.6 Å². The number of hydrogen-bond donors (Lipinski definition) is 0. The van der Waals surface area contributed by atoms with E-state index in [1.807, 2.05) is 6.08 Å². The lowest BCUT2D eigenvalue weighted by Gasteiger charge is -2.28. The Morgan fingerprint density at radius 2 is 1.67 bits per heavy atom. The number of carbonyl (C=O) groups is 1. The van der Waals surface area contributed by atoms with Crippen molar-refractivity contribution in [3.8, 4) is 0 Å². The van der Waals surface area contributed by atoms with Crippen molar-refractivity contribution in [1.82, 2.24) is 0 Å². The fourth-order valence-electron chi connectivity index (χ4n) is 2.75. The lowest BCUT2D eigenvalue weighted by Crippen LogP contribution is -2.22. The van der Waals surface area contributed by atoms with Crippen LogP contribution in [-0.2, 0) is 17.6 Å². The maximum atomic E-state index is 11.7. The van der Waals surface area contributed by atoms with E-state index in [-0.39, 0.29) is 11.2 Å². The molecule has 1 aromatic carbocycles. The summed E-state index contributed by atoms with van der Waals surface area (Å²) in [6.45, 7) is 6.52. The maximum Gasteiger partial charge on any atom is 0.156 e. The molecular weight excluding hydrogens is 220 g/mol. The molecule has 0 saturated heterocycles. The minimum Gasteiger partial charge on any atom is -0.295 e. The first-order chi connectivity index (χ1) is 8.48. The molecule has 0 bridgehead atoms. The summed E-state index contributed by atoms with van der Waals surface area (Å²) in [4.78, 5) is 11.7. The highest BCUT2D eigenvalue weighted by atomic mass is 16.1. The van der Waals surface area contributed by atoms with Crippen molar-refractivity contribution in [3.63, 3.8) is 0 Å². The molecule has 2 rings (SSSR count). The summed E-state index contributed by atoms with van der Waals surface area (Å²) >= 11 is 0. The third kappa shape index (κ3) is 3.32. The molecule has 0 spiro atoms. The average Bonchev–Trinajstić information content (AvgIpc) is 2.27. The molecule has 0 unspecified atom stereocenters. The first-order valence-corrected chi connectivity index (χ1v) is 6.78. The van der Waals surface area contributed by atoms with Gasteiger partial charge in [-0.3, -0.25) is 4.79 Å². The zero-order valence-electron chi connectivity index (χ0n) is 11.6. The molecule has 1 aromatic rings. The standard InChI is InChI=1S/C17H22O/c1-4-13-5-7-14(8-6-13)9-15-10-16(18)12-17(2,3)11-15/h5-8,10H,4,9,11-12H2,1-3H3. The second kappa shape index (κ2) is 5.09. The number of rotatable bonds is 3. The summed E-state index contributed by atoms with van der Waals surface area (Å²) < 4.78 is 0. The van der Waals surface area contributed by atoms with E-state index in [0.29, 0.717) is 6.42 Å². The Labute approximate surface area is 110 Å². The largest absolute Gasteiger partial charge is 0.295 e. The van der Waals surface area contributed by atoms with Crippen molar-refractivity contribution in [1.29, 1.82) is 0 Å². The van der Waals surface area contributed by atoms with Crippen LogP contribution in [0, 0.1) is 5.41 Å². The van der Waals surface area contributed by atoms with Crippen LogP contribution in [0.15, 0.2) is 35.9 Å². The molecule has 96 valence electrons. The van der Waals surface area contributed by atoms with Crippen LogP contribution >= 0.6 is 0 Å². The van der Waals surface area contributed by atoms with Crippen molar-refractivity contribution in [2.24, 2.45) is 5.41 Å². The summed E-state index contributed by atoms with van der Waals surface area (Å²) in [5, 5.41) is 0. The second-order valence-electron chi connectivity index (χ2n) is 6.13. The van der Waals surface area contributed by atoms with Crippen LogP contribution in [0.2, 0.25) is 0 Å². The molecule has 0 heterocycles. The van der Waals surface area contributed by atoms with Gasteiger partial charge >= 0.3 is 0 Å². The van der Waals surface area contributed by atoms with Crippen LogP contribution < -0.4 is 0 Å². The van der Waals surface area contributed by atoms with Gasteiger partial charge in [-0.25, -0.2) is 0 Å². The van der Waals surface area contributed by atoms with E-state index in [9.17, 15) is 4.79 Å². The highest BCUT2D eigenvalue weighted by Crippen LogP contribution is 2.34. The molecule has 0 fully saturated rings. The fraction of sp³-hybridized carbons (Fsp3) is 0.471. The summed E-state index contributed by atoms with van der Waals surface area (Å²) in [5.41, 5.74) is 4.09. The summed E-state index contributed by atoms with van der Waals surface area (Å²) in [5.74, 6) is 0.284. The van der Waals surface area contributed by atoms with Gasteiger partial charge in [-0.2, -0.15) is 0 Å². The lowest BCUT2D eigenvalue weighted by atomic mass is 9.75. The van der Waals surface area contributed by atoms with Gasteiger partial charge in [0.2, 0.25) is 0 Å². The Balaban J connectivity index is 2.11. The maximum absolute atomic E-state index is 11.7. The third-order valence-corrected chi connectivity index (χ3v) is 3.59. The number of ketones is 1. The van der Waals surface area contributed by atoms with Crippen LogP contribution in [0.4, 0.5) is 0 Å². The van der Waals surface area contributed by atoms with E-state index >= 15 is 0 Å². The van der Waals surface area contributed by atoms with Gasteiger partial charge in [-0.05, 0) is 41.9 Å². The van der Waals surface area contributed by atoms with Crippen LogP contribution in [0.1, 0.15) is 44.7 Å². The molecule has 18 heavy (non-hydrogen) atoms. The zero-order chi connectivity index (χ0) is 13.2. The van der Waals surface area contributed by atoms with E-state index in [1.165, 1.54) is 16.7 Å². The molecule has 0 N–H and O–H groups in total. The molecule has 0 amide bonds. The van der Waals surface area contributed by atoms with Crippen molar-refractivity contribution in [3.05, 3.63) is 47.0 Å². The van der Waals surface area contributed by atoms with E-state index in [2.05, 4.69) is 45.0 Å². The summed E-state index contributed by atoms with van der Waals surface area (Å²) in [6.07, 6.45) is 5.58. The van der Waals surface area contributed by atoms with Crippen molar-refractivity contribution in [2.75, 3.05) is 0 Å². The number of carbonyl (C=O) groups excluding carboxylic acids is 1. The smallest absolute Gasteiger partial charge is 0.156 e. The normalized spacial score (nSPS) is 18.6. The van der Waals surface area contributed by atoms with Gasteiger partial charge in [0.05, 0.1) is 0 Å². The molecule has 1 nitrogen and oxygen atoms in total. The number of benzene rings is 1. The number of allylic oxidation sites excluding steroid dienone is 2. The Bertz CT molecular complexity index is 463. The molecule has 1 aliphatic rings. The zero-order valence-corrected chi connectivity index (χ0v) is 11.6. The second-order valence-corrected chi connectivity index (χ2v) is 6.13. The van der Waals surface area contributed by atoms with E-state index in [4.69, 9.17) is 0 Å². The van der Waals surface area contributed by atoms with Crippen LogP contribution in [0.5, 0.6) is 0 Å². The van der Waals surface area contributed by atoms with E-state index < -0.39 is 0 Å². The van der Waals surface area contributed by atoms with Crippen LogP contribution in [0.3, 0.4) is 0 Å². The van der Waals surface area contributed by atoms with Crippen molar-refractivity contribution in [2.45, 2.75) is 46.5 Å². The number of hydrogen-bond acceptors (Lipinski definition) is 1. The first kappa shape index (κ1) is 13.1. The predicted molar refractivity (Wildman–Crippen MR) is 75.6 cm³/mol. The SMILES string of the molecule is CCc1ccc(CC2=CC(=O)CC(C)(C)C2)cc1. The quantitative estimate of drug-likeness (QED) is 0.779. The van der Waals surface area contributed by atoms with Crippen LogP contribution in [-0.4, -0.2) is 5.78 Å². The van der Waals surface area contributed by atoms with Gasteiger partial charge in [0.15, 0.2) is 5.78 Å². The van der Waals surface area contributed by atoms with Gasteiger partial charge in [-0.15, -0.1) is 0 Å². The van der Waals surface area contributed by atoms with Crippen molar-refractivity contribution < 1.29 is 4.79 Å². The Morgan fingerprint density at radius 3 is 2.22 bits per heavy atom. The molecular formula is C17H22O. The molecule has 0 aliphatic heterocycles. The predicted octanol–water partition coefficient (Wildman–Crippen LogP) is 4.11. The van der Waals surface area contributed by atoms with Crippen molar-refractivity contribution >= 4 is 5.78 Å². The third-order valence-electron chi connectivity index (χ3n) is 3.59. The van der Waals surface area contributed by atoms with Gasteiger partial charge in [0.1, 0.15) is 0 Å². The monoisotopic (exact) mass is 242 g/mol. The molecule has 1 heteroatoms. The van der Waals surface area contributed by atoms with E-state index in [0.717, 1.165) is 19.3 Å². The number of aryl methyl sites for hydroxylation is 1. The first-order valence-electron chi connectivity index (χ1n) is 6.78. The summed E-state index contributed by atoms with van der Waals surface area (Å²) in [6, 6.07) is 8.74. The van der Waals surface area contributed by atoms with Crippen LogP contribution in [0.25, 0.3) is 0 Å². The van der Waals surface area contributed by atoms with Gasteiger partial charge in [0.25, 0.3) is 0 Å². The lowest BCUT2D eigenvalue weighted by molar-refractivity contribution is -0.117. The van der Waals surface area contributed by atoms with Gasteiger partial charge < -0.3 is 0 Å². The minimum absolute atomic E-state index is 0.129. The Kier molecular flexibility index (Phi) is 3.70. The Hall–Kier alpha value is -1.37. The Morgan fingerprint density at radius 1 is 1.06 bits per heavy atom. The molecule has 0 aromatic heterocycles. The summed E-state index contributed by atoms with van der Waals surface area (Å²) in [7, 11) is 0. The average molecular weight is 242 g/mol.